The quantitative estimate of drug-likeness (QED) is 0.151. The van der Waals surface area contributed by atoms with Gasteiger partial charge in [-0.1, -0.05) is 36.4 Å². The third kappa shape index (κ3) is 6.48. The molecule has 5 aromatic rings. The second kappa shape index (κ2) is 13.6. The third-order valence-electron chi connectivity index (χ3n) is 10.1. The van der Waals surface area contributed by atoms with Crippen LogP contribution in [-0.2, 0) is 11.2 Å². The number of aliphatic hydroxyl groups is 1. The fraction of sp³-hybridized carbons (Fsp3) is 0.275. The second-order valence-corrected chi connectivity index (χ2v) is 14.6. The predicted octanol–water partition coefficient (Wildman–Crippen LogP) is 7.43. The molecule has 9 nitrogen and oxygen atoms in total. The molecule has 1 unspecified atom stereocenters. The fourth-order valence-corrected chi connectivity index (χ4v) is 8.50. The number of ether oxygens (including phenoxy) is 1. The van der Waals surface area contributed by atoms with Crippen molar-refractivity contribution >= 4 is 45.3 Å². The highest BCUT2D eigenvalue weighted by Crippen LogP contribution is 2.45. The van der Waals surface area contributed by atoms with Crippen LogP contribution in [0.2, 0.25) is 0 Å². The Bertz CT molecular complexity index is 2100. The van der Waals surface area contributed by atoms with Gasteiger partial charge in [0.2, 0.25) is 0 Å². The van der Waals surface area contributed by atoms with Crippen LogP contribution in [0.4, 0.5) is 26.6 Å². The van der Waals surface area contributed by atoms with Crippen molar-refractivity contribution < 1.29 is 23.8 Å². The number of carbonyl (C=O) groups excluding carboxylic acids is 2. The molecule has 2 aromatic heterocycles. The Morgan fingerprint density at radius 1 is 0.980 bits per heavy atom. The first-order valence-electron chi connectivity index (χ1n) is 17.2. The Balaban J connectivity index is 0.967. The van der Waals surface area contributed by atoms with Gasteiger partial charge in [-0.05, 0) is 86.3 Å². The summed E-state index contributed by atoms with van der Waals surface area (Å²) >= 11 is 1.47. The van der Waals surface area contributed by atoms with Gasteiger partial charge in [-0.2, -0.15) is 0 Å². The molecule has 1 spiro atoms. The Hall–Kier alpha value is -5.10. The van der Waals surface area contributed by atoms with Gasteiger partial charge in [0, 0.05) is 71.2 Å². The van der Waals surface area contributed by atoms with E-state index in [1.807, 2.05) is 49.4 Å². The first-order valence-corrected chi connectivity index (χ1v) is 18.0. The molecule has 3 aromatic carbocycles. The maximum atomic E-state index is 14.3. The maximum Gasteiger partial charge on any atom is 0.259 e. The molecular weight excluding hydrogens is 666 g/mol. The molecule has 2 fully saturated rings. The van der Waals surface area contributed by atoms with Crippen molar-refractivity contribution in [3.63, 3.8) is 0 Å². The molecule has 0 saturated carbocycles. The van der Waals surface area contributed by atoms with Crippen molar-refractivity contribution in [2.75, 3.05) is 53.3 Å². The molecule has 0 bridgehead atoms. The average Bonchev–Trinajstić information content (AvgIpc) is 3.46. The van der Waals surface area contributed by atoms with E-state index in [0.29, 0.717) is 40.6 Å². The minimum atomic E-state index is -1.20. The summed E-state index contributed by atoms with van der Waals surface area (Å²) in [4.78, 5) is 37.3. The number of aromatic nitrogens is 1. The van der Waals surface area contributed by atoms with Crippen molar-refractivity contribution in [2.24, 2.45) is 5.41 Å². The number of fused-ring (bicyclic) bond motifs is 3. The summed E-state index contributed by atoms with van der Waals surface area (Å²) in [6.45, 7) is 5.68. The third-order valence-corrected chi connectivity index (χ3v) is 11.3. The Kier molecular flexibility index (Phi) is 8.79. The van der Waals surface area contributed by atoms with Gasteiger partial charge in [0.05, 0.1) is 16.3 Å². The van der Waals surface area contributed by atoms with E-state index in [2.05, 4.69) is 15.5 Å². The number of nitrogens with one attached hydrogen (secondary N) is 2. The topological polar surface area (TPSA) is 107 Å². The minimum Gasteiger partial charge on any atom is -0.381 e. The van der Waals surface area contributed by atoms with Crippen molar-refractivity contribution in [3.8, 4) is 10.4 Å². The summed E-state index contributed by atoms with van der Waals surface area (Å²) in [7, 11) is 0. The number of pyridine rings is 1. The monoisotopic (exact) mass is 703 g/mol. The number of hydrogen-bond donors (Lipinski definition) is 3. The van der Waals surface area contributed by atoms with Crippen molar-refractivity contribution in [3.05, 3.63) is 125 Å². The highest BCUT2D eigenvalue weighted by molar-refractivity contribution is 7.19. The first kappa shape index (κ1) is 33.1. The molecule has 51 heavy (non-hydrogen) atoms. The fourth-order valence-electron chi connectivity index (χ4n) is 7.33. The molecule has 0 aliphatic carbocycles. The Morgan fingerprint density at radius 2 is 1.73 bits per heavy atom. The number of carbonyl (C=O) groups is 2. The number of amides is 2. The number of aryl methyl sites for hydroxylation is 1. The van der Waals surface area contributed by atoms with Crippen molar-refractivity contribution in [1.82, 2.24) is 4.98 Å². The highest BCUT2D eigenvalue weighted by atomic mass is 32.1. The number of anilines is 4. The number of para-hydroxylation sites is 1. The van der Waals surface area contributed by atoms with Crippen LogP contribution in [-0.4, -0.2) is 54.8 Å². The number of nitrogens with zero attached hydrogens (tertiary/aromatic N) is 3. The van der Waals surface area contributed by atoms with Gasteiger partial charge in [0.15, 0.2) is 6.23 Å². The lowest BCUT2D eigenvalue weighted by atomic mass is 9.73. The number of halogens is 1. The standard InChI is InChI=1S/C40H38FN5O4S/c1-25-10-15-31(36(42-25)45-23-40(24-45)17-20-50-21-18-40)38(48)43-28-13-11-26(12-14-28)39(49)46-19-16-27-22-34(44-37(47)29-6-2-4-8-32(29)41)51-35(27)30-7-3-5-9-33(30)46/h2-15,22,37,44,47H,16-21,23-24H2,1H3,(H,43,48). The molecule has 3 aliphatic rings. The zero-order valence-electron chi connectivity index (χ0n) is 28.2. The summed E-state index contributed by atoms with van der Waals surface area (Å²) in [5, 5.41) is 17.5. The molecule has 11 heteroatoms. The molecular formula is C40H38FN5O4S. The average molecular weight is 704 g/mol. The number of thiophene rings is 1. The number of benzene rings is 3. The van der Waals surface area contributed by atoms with Crippen LogP contribution in [0.3, 0.4) is 0 Å². The largest absolute Gasteiger partial charge is 0.381 e. The molecule has 3 aliphatic heterocycles. The van der Waals surface area contributed by atoms with Gasteiger partial charge in [0.1, 0.15) is 11.6 Å². The SMILES string of the molecule is Cc1ccc(C(=O)Nc2ccc(C(=O)N3CCc4cc(NC(O)c5ccccc5F)sc4-c4ccccc43)cc2)c(N2CC3(CCOCC3)C2)n1. The van der Waals surface area contributed by atoms with Crippen LogP contribution in [0.1, 0.15) is 56.6 Å². The first-order chi connectivity index (χ1) is 24.8. The van der Waals surface area contributed by atoms with Crippen molar-refractivity contribution in [2.45, 2.75) is 32.4 Å². The zero-order chi connectivity index (χ0) is 35.1. The smallest absolute Gasteiger partial charge is 0.259 e. The van der Waals surface area contributed by atoms with E-state index in [9.17, 15) is 19.1 Å². The summed E-state index contributed by atoms with van der Waals surface area (Å²) in [6, 6.07) is 26.6. The zero-order valence-corrected chi connectivity index (χ0v) is 29.0. The summed E-state index contributed by atoms with van der Waals surface area (Å²) in [6.07, 6.45) is 1.45. The van der Waals surface area contributed by atoms with E-state index < -0.39 is 12.0 Å². The molecule has 1 atom stereocenters. The van der Waals surface area contributed by atoms with E-state index >= 15 is 0 Å². The summed E-state index contributed by atoms with van der Waals surface area (Å²) < 4.78 is 19.9. The second-order valence-electron chi connectivity index (χ2n) is 13.6. The van der Waals surface area contributed by atoms with Gasteiger partial charge in [0.25, 0.3) is 11.8 Å². The number of rotatable bonds is 7. The van der Waals surface area contributed by atoms with E-state index in [1.54, 1.807) is 47.4 Å². The molecule has 0 radical (unpaired) electrons. The molecule has 3 N–H and O–H groups in total. The Labute approximate surface area is 299 Å². The predicted molar refractivity (Wildman–Crippen MR) is 198 cm³/mol. The molecule has 2 amide bonds. The van der Waals surface area contributed by atoms with Gasteiger partial charge in [-0.15, -0.1) is 11.3 Å². The minimum absolute atomic E-state index is 0.145. The summed E-state index contributed by atoms with van der Waals surface area (Å²) in [5.74, 6) is -0.163. The van der Waals surface area contributed by atoms with Gasteiger partial charge in [-0.3, -0.25) is 9.59 Å². The van der Waals surface area contributed by atoms with Crippen LogP contribution >= 0.6 is 11.3 Å². The van der Waals surface area contributed by atoms with Crippen molar-refractivity contribution in [1.29, 1.82) is 0 Å². The molecule has 8 rings (SSSR count). The van der Waals surface area contributed by atoms with E-state index in [0.717, 1.165) is 66.5 Å². The molecule has 5 heterocycles. The van der Waals surface area contributed by atoms with E-state index in [4.69, 9.17) is 9.72 Å². The lowest BCUT2D eigenvalue weighted by molar-refractivity contribution is -0.000518. The molecule has 260 valence electrons. The van der Waals surface area contributed by atoms with E-state index in [-0.39, 0.29) is 22.8 Å². The lowest BCUT2D eigenvalue weighted by Gasteiger charge is -2.53. The molecule has 2 saturated heterocycles. The number of hydrogen-bond acceptors (Lipinski definition) is 8. The highest BCUT2D eigenvalue weighted by Gasteiger charge is 2.45. The van der Waals surface area contributed by atoms with Crippen LogP contribution in [0.15, 0.2) is 91.0 Å². The lowest BCUT2D eigenvalue weighted by Crippen LogP contribution is -2.59. The van der Waals surface area contributed by atoms with Gasteiger partial charge < -0.3 is 30.3 Å². The Morgan fingerprint density at radius 3 is 2.51 bits per heavy atom. The van der Waals surface area contributed by atoms with Gasteiger partial charge >= 0.3 is 0 Å². The maximum absolute atomic E-state index is 14.3. The van der Waals surface area contributed by atoms with Crippen LogP contribution in [0, 0.1) is 18.2 Å². The number of aliphatic hydroxyl groups excluding tert-OH is 1. The summed E-state index contributed by atoms with van der Waals surface area (Å²) in [5.41, 5.74) is 5.63. The van der Waals surface area contributed by atoms with Crippen LogP contribution in [0.5, 0.6) is 0 Å². The van der Waals surface area contributed by atoms with Crippen LogP contribution < -0.4 is 20.4 Å². The van der Waals surface area contributed by atoms with Crippen LogP contribution in [0.25, 0.3) is 10.4 Å². The normalized spacial score (nSPS) is 16.8. The van der Waals surface area contributed by atoms with E-state index in [1.165, 1.54) is 17.4 Å². The van der Waals surface area contributed by atoms with Gasteiger partial charge in [-0.25, -0.2) is 9.37 Å².